The Hall–Kier alpha value is -1.02. The maximum Gasteiger partial charge on any atom is 0.124 e. The summed E-state index contributed by atoms with van der Waals surface area (Å²) in [5, 5.41) is 3.52. The second-order valence-corrected chi connectivity index (χ2v) is 4.49. The van der Waals surface area contributed by atoms with Crippen LogP contribution in [0.2, 0.25) is 0 Å². The van der Waals surface area contributed by atoms with E-state index < -0.39 is 0 Å². The minimum absolute atomic E-state index is 0.338. The summed E-state index contributed by atoms with van der Waals surface area (Å²) in [5.41, 5.74) is 1.24. The van der Waals surface area contributed by atoms with Crippen molar-refractivity contribution in [3.63, 3.8) is 0 Å². The predicted molar refractivity (Wildman–Crippen MR) is 68.9 cm³/mol. The highest BCUT2D eigenvalue weighted by Crippen LogP contribution is 2.24. The van der Waals surface area contributed by atoms with E-state index in [1.54, 1.807) is 0 Å². The van der Waals surface area contributed by atoms with Gasteiger partial charge in [-0.25, -0.2) is 0 Å². The Morgan fingerprint density at radius 3 is 2.50 bits per heavy atom. The van der Waals surface area contributed by atoms with Crippen LogP contribution in [0.5, 0.6) is 5.75 Å². The molecule has 0 aliphatic rings. The lowest BCUT2D eigenvalue weighted by atomic mass is 10.1. The molecule has 0 radical (unpaired) electrons. The van der Waals surface area contributed by atoms with Crippen LogP contribution in [0.25, 0.3) is 0 Å². The molecule has 1 aromatic rings. The lowest BCUT2D eigenvalue weighted by Crippen LogP contribution is -2.23. The molecule has 0 heterocycles. The van der Waals surface area contributed by atoms with Crippen molar-refractivity contribution in [1.82, 2.24) is 5.32 Å². The molecule has 0 amide bonds. The number of ether oxygens (including phenoxy) is 1. The molecule has 1 N–H and O–H groups in total. The summed E-state index contributed by atoms with van der Waals surface area (Å²) in [4.78, 5) is 0. The number of para-hydroxylation sites is 1. The van der Waals surface area contributed by atoms with E-state index in [1.807, 2.05) is 19.1 Å². The van der Waals surface area contributed by atoms with Crippen molar-refractivity contribution < 1.29 is 4.74 Å². The summed E-state index contributed by atoms with van der Waals surface area (Å²) in [6.07, 6.45) is 0. The van der Waals surface area contributed by atoms with Gasteiger partial charge in [0.2, 0.25) is 0 Å². The molecule has 16 heavy (non-hydrogen) atoms. The zero-order chi connectivity index (χ0) is 12.0. The van der Waals surface area contributed by atoms with Crippen molar-refractivity contribution in [2.75, 3.05) is 13.2 Å². The second-order valence-electron chi connectivity index (χ2n) is 4.49. The van der Waals surface area contributed by atoms with Gasteiger partial charge < -0.3 is 10.1 Å². The molecule has 1 atom stereocenters. The molecule has 0 aliphatic heterocycles. The van der Waals surface area contributed by atoms with Crippen LogP contribution in [0, 0.1) is 5.92 Å². The van der Waals surface area contributed by atoms with Crippen LogP contribution < -0.4 is 10.1 Å². The van der Waals surface area contributed by atoms with Crippen LogP contribution in [0.15, 0.2) is 24.3 Å². The molecule has 2 heteroatoms. The molecule has 0 saturated heterocycles. The first-order valence-corrected chi connectivity index (χ1v) is 6.10. The number of benzene rings is 1. The van der Waals surface area contributed by atoms with E-state index in [0.717, 1.165) is 12.3 Å². The highest BCUT2D eigenvalue weighted by Gasteiger charge is 2.10. The van der Waals surface area contributed by atoms with Crippen molar-refractivity contribution in [2.45, 2.75) is 33.7 Å². The average Bonchev–Trinajstić information content (AvgIpc) is 2.27. The van der Waals surface area contributed by atoms with E-state index in [-0.39, 0.29) is 0 Å². The van der Waals surface area contributed by atoms with E-state index in [9.17, 15) is 0 Å². The highest BCUT2D eigenvalue weighted by molar-refractivity contribution is 5.35. The number of rotatable bonds is 6. The van der Waals surface area contributed by atoms with E-state index in [1.165, 1.54) is 5.56 Å². The molecule has 2 nitrogen and oxygen atoms in total. The predicted octanol–water partition coefficient (Wildman–Crippen LogP) is 3.39. The Labute approximate surface area is 99.0 Å². The summed E-state index contributed by atoms with van der Waals surface area (Å²) in [5.74, 6) is 1.66. The minimum atomic E-state index is 0.338. The maximum atomic E-state index is 5.62. The zero-order valence-electron chi connectivity index (χ0n) is 10.8. The summed E-state index contributed by atoms with van der Waals surface area (Å²) in [6.45, 7) is 10.4. The topological polar surface area (TPSA) is 21.3 Å². The fraction of sp³-hybridized carbons (Fsp3) is 0.571. The van der Waals surface area contributed by atoms with Crippen LogP contribution in [0.3, 0.4) is 0 Å². The summed E-state index contributed by atoms with van der Waals surface area (Å²) >= 11 is 0. The van der Waals surface area contributed by atoms with E-state index in [0.29, 0.717) is 18.6 Å². The number of nitrogens with one attached hydrogen (secondary N) is 1. The monoisotopic (exact) mass is 221 g/mol. The van der Waals surface area contributed by atoms with Crippen LogP contribution in [-0.2, 0) is 0 Å². The summed E-state index contributed by atoms with van der Waals surface area (Å²) < 4.78 is 5.62. The van der Waals surface area contributed by atoms with Gasteiger partial charge >= 0.3 is 0 Å². The molecule has 0 aromatic heterocycles. The maximum absolute atomic E-state index is 5.62. The molecule has 1 unspecified atom stereocenters. The SMILES string of the molecule is CCOc1ccccc1C(C)NCC(C)C. The standard InChI is InChI=1S/C14H23NO/c1-5-16-14-9-7-6-8-13(14)12(4)15-10-11(2)3/h6-9,11-12,15H,5,10H2,1-4H3. The molecular weight excluding hydrogens is 198 g/mol. The van der Waals surface area contributed by atoms with Gasteiger partial charge in [0.15, 0.2) is 0 Å². The van der Waals surface area contributed by atoms with Gasteiger partial charge in [-0.15, -0.1) is 0 Å². The molecule has 0 bridgehead atoms. The number of hydrogen-bond donors (Lipinski definition) is 1. The van der Waals surface area contributed by atoms with Crippen molar-refractivity contribution in [1.29, 1.82) is 0 Å². The lowest BCUT2D eigenvalue weighted by Gasteiger charge is -2.19. The third kappa shape index (κ3) is 3.86. The first-order valence-electron chi connectivity index (χ1n) is 6.10. The van der Waals surface area contributed by atoms with E-state index >= 15 is 0 Å². The number of hydrogen-bond acceptors (Lipinski definition) is 2. The summed E-state index contributed by atoms with van der Waals surface area (Å²) in [6, 6.07) is 8.58. The first kappa shape index (κ1) is 13.0. The minimum Gasteiger partial charge on any atom is -0.494 e. The quantitative estimate of drug-likeness (QED) is 0.795. The van der Waals surface area contributed by atoms with Crippen molar-refractivity contribution in [2.24, 2.45) is 5.92 Å². The molecule has 0 fully saturated rings. The normalized spacial score (nSPS) is 12.8. The highest BCUT2D eigenvalue weighted by atomic mass is 16.5. The van der Waals surface area contributed by atoms with Gasteiger partial charge in [0.05, 0.1) is 6.61 Å². The van der Waals surface area contributed by atoms with Gasteiger partial charge in [-0.3, -0.25) is 0 Å². The molecule has 1 aromatic carbocycles. The Morgan fingerprint density at radius 1 is 1.19 bits per heavy atom. The molecule has 0 aliphatic carbocycles. The Bertz CT molecular complexity index is 309. The van der Waals surface area contributed by atoms with Crippen molar-refractivity contribution >= 4 is 0 Å². The molecule has 1 rings (SSSR count). The fourth-order valence-corrected chi connectivity index (χ4v) is 1.65. The Balaban J connectivity index is 2.69. The van der Waals surface area contributed by atoms with E-state index in [4.69, 9.17) is 4.74 Å². The van der Waals surface area contributed by atoms with Crippen molar-refractivity contribution in [3.8, 4) is 5.75 Å². The van der Waals surface area contributed by atoms with Crippen LogP contribution in [0.4, 0.5) is 0 Å². The lowest BCUT2D eigenvalue weighted by molar-refractivity contribution is 0.331. The second kappa shape index (κ2) is 6.54. The van der Waals surface area contributed by atoms with Gasteiger partial charge in [0.25, 0.3) is 0 Å². The van der Waals surface area contributed by atoms with Gasteiger partial charge in [-0.2, -0.15) is 0 Å². The van der Waals surface area contributed by atoms with Crippen LogP contribution in [0.1, 0.15) is 39.3 Å². The molecule has 0 saturated carbocycles. The van der Waals surface area contributed by atoms with Crippen LogP contribution >= 0.6 is 0 Å². The third-order valence-corrected chi connectivity index (χ3v) is 2.52. The smallest absolute Gasteiger partial charge is 0.124 e. The van der Waals surface area contributed by atoms with Gasteiger partial charge in [0.1, 0.15) is 5.75 Å². The Kier molecular flexibility index (Phi) is 5.33. The first-order chi connectivity index (χ1) is 7.65. The van der Waals surface area contributed by atoms with Crippen LogP contribution in [-0.4, -0.2) is 13.2 Å². The van der Waals surface area contributed by atoms with Gasteiger partial charge in [-0.1, -0.05) is 32.0 Å². The molecule has 0 spiro atoms. The average molecular weight is 221 g/mol. The summed E-state index contributed by atoms with van der Waals surface area (Å²) in [7, 11) is 0. The third-order valence-electron chi connectivity index (χ3n) is 2.52. The van der Waals surface area contributed by atoms with E-state index in [2.05, 4.69) is 38.2 Å². The Morgan fingerprint density at radius 2 is 1.88 bits per heavy atom. The van der Waals surface area contributed by atoms with Gasteiger partial charge in [-0.05, 0) is 32.4 Å². The fourth-order valence-electron chi connectivity index (χ4n) is 1.65. The largest absolute Gasteiger partial charge is 0.494 e. The molecule has 90 valence electrons. The van der Waals surface area contributed by atoms with Gasteiger partial charge in [0, 0.05) is 11.6 Å². The van der Waals surface area contributed by atoms with Crippen molar-refractivity contribution in [3.05, 3.63) is 29.8 Å². The zero-order valence-corrected chi connectivity index (χ0v) is 10.8. The molecular formula is C14H23NO.